The lowest BCUT2D eigenvalue weighted by Gasteiger charge is -2.38. The van der Waals surface area contributed by atoms with Crippen LogP contribution in [0.25, 0.3) is 0 Å². The number of hydrogen-bond acceptors (Lipinski definition) is 3. The molecule has 1 fully saturated rings. The van der Waals surface area contributed by atoms with Gasteiger partial charge in [-0.3, -0.25) is 4.90 Å². The molecule has 1 aliphatic heterocycles. The number of hydrogen-bond donors (Lipinski definition) is 0. The maximum Gasteiger partial charge on any atom is 0.330 e. The largest absolute Gasteiger partial charge is 0.463 e. The maximum absolute atomic E-state index is 11.1. The Bertz CT molecular complexity index is 283. The molecule has 0 saturated carbocycles. The van der Waals surface area contributed by atoms with Gasteiger partial charge in [0.2, 0.25) is 0 Å². The van der Waals surface area contributed by atoms with Gasteiger partial charge in [-0.25, -0.2) is 4.79 Å². The normalized spacial score (nSPS) is 19.3. The number of carbonyl (C=O) groups excluding carboxylic acids is 1. The van der Waals surface area contributed by atoms with Gasteiger partial charge in [0, 0.05) is 12.6 Å². The van der Waals surface area contributed by atoms with Gasteiger partial charge in [-0.15, -0.1) is 0 Å². The molecule has 3 nitrogen and oxygen atoms in total. The summed E-state index contributed by atoms with van der Waals surface area (Å²) in [4.78, 5) is 13.5. The van der Waals surface area contributed by atoms with Crippen LogP contribution in [0.4, 0.5) is 0 Å². The Hall–Kier alpha value is -0.830. The molecule has 0 spiro atoms. The molecule has 0 aliphatic carbocycles. The minimum atomic E-state index is -0.234. The second kappa shape index (κ2) is 6.93. The van der Waals surface area contributed by atoms with Crippen LogP contribution in [0.15, 0.2) is 12.2 Å². The van der Waals surface area contributed by atoms with E-state index < -0.39 is 0 Å². The Morgan fingerprint density at radius 1 is 1.33 bits per heavy atom. The topological polar surface area (TPSA) is 29.5 Å². The zero-order chi connectivity index (χ0) is 13.6. The molecular weight excluding hydrogens is 226 g/mol. The lowest BCUT2D eigenvalue weighted by atomic mass is 9.75. The fraction of sp³-hybridized carbons (Fsp3) is 0.800. The predicted octanol–water partition coefficient (Wildman–Crippen LogP) is 2.86. The van der Waals surface area contributed by atoms with Gasteiger partial charge in [0.05, 0.1) is 6.61 Å². The molecule has 0 aromatic rings. The molecule has 1 rings (SSSR count). The average molecular weight is 253 g/mol. The smallest absolute Gasteiger partial charge is 0.330 e. The molecule has 0 amide bonds. The van der Waals surface area contributed by atoms with Crippen molar-refractivity contribution in [1.82, 2.24) is 4.90 Å². The second-order valence-corrected chi connectivity index (χ2v) is 6.10. The number of esters is 1. The summed E-state index contributed by atoms with van der Waals surface area (Å²) in [6.45, 7) is 12.4. The Morgan fingerprint density at radius 2 is 1.94 bits per heavy atom. The van der Waals surface area contributed by atoms with E-state index in [-0.39, 0.29) is 5.97 Å². The van der Waals surface area contributed by atoms with Crippen molar-refractivity contribution in [1.29, 1.82) is 0 Å². The van der Waals surface area contributed by atoms with Crippen molar-refractivity contribution < 1.29 is 9.53 Å². The molecule has 1 saturated heterocycles. The van der Waals surface area contributed by atoms with E-state index in [9.17, 15) is 4.79 Å². The van der Waals surface area contributed by atoms with E-state index in [1.807, 2.05) is 13.0 Å². The highest BCUT2D eigenvalue weighted by Crippen LogP contribution is 2.34. The van der Waals surface area contributed by atoms with Crippen LogP contribution in [-0.2, 0) is 9.53 Å². The molecule has 0 bridgehead atoms. The monoisotopic (exact) mass is 253 g/mol. The third-order valence-electron chi connectivity index (χ3n) is 3.72. The minimum Gasteiger partial charge on any atom is -0.463 e. The number of nitrogens with zero attached hydrogens (tertiary/aromatic N) is 1. The van der Waals surface area contributed by atoms with Gasteiger partial charge in [-0.05, 0) is 44.2 Å². The van der Waals surface area contributed by atoms with Crippen LogP contribution in [0.3, 0.4) is 0 Å². The first kappa shape index (κ1) is 15.2. The first-order valence-electron chi connectivity index (χ1n) is 6.99. The summed E-state index contributed by atoms with van der Waals surface area (Å²) in [7, 11) is 0. The highest BCUT2D eigenvalue weighted by atomic mass is 16.5. The van der Waals surface area contributed by atoms with Crippen LogP contribution < -0.4 is 0 Å². The molecular formula is C15H27NO2. The third kappa shape index (κ3) is 5.21. The Kier molecular flexibility index (Phi) is 5.86. The van der Waals surface area contributed by atoms with Crippen LogP contribution in [0.1, 0.15) is 40.5 Å². The molecule has 0 atom stereocenters. The first-order chi connectivity index (χ1) is 8.43. The maximum atomic E-state index is 11.1. The van der Waals surface area contributed by atoms with Crippen LogP contribution in [0.5, 0.6) is 0 Å². The Morgan fingerprint density at radius 3 is 2.44 bits per heavy atom. The lowest BCUT2D eigenvalue weighted by molar-refractivity contribution is -0.137. The zero-order valence-electron chi connectivity index (χ0n) is 12.2. The molecule has 1 heterocycles. The summed E-state index contributed by atoms with van der Waals surface area (Å²) >= 11 is 0. The van der Waals surface area contributed by atoms with Crippen molar-refractivity contribution in [3.8, 4) is 0 Å². The van der Waals surface area contributed by atoms with E-state index in [0.717, 1.165) is 25.6 Å². The van der Waals surface area contributed by atoms with Crippen molar-refractivity contribution >= 4 is 5.97 Å². The summed E-state index contributed by atoms with van der Waals surface area (Å²) in [6, 6.07) is 0. The van der Waals surface area contributed by atoms with E-state index >= 15 is 0 Å². The van der Waals surface area contributed by atoms with Gasteiger partial charge >= 0.3 is 5.97 Å². The zero-order valence-corrected chi connectivity index (χ0v) is 12.2. The van der Waals surface area contributed by atoms with Gasteiger partial charge < -0.3 is 4.74 Å². The molecule has 0 unspecified atom stereocenters. The summed E-state index contributed by atoms with van der Waals surface area (Å²) in [5, 5.41) is 0. The quantitative estimate of drug-likeness (QED) is 0.570. The standard InChI is InChI=1S/C15H27NO2/c1-5-18-14(17)7-6-10-16-11-8-13(9-12-16)15(2,3)4/h6-7,13H,5,8-12H2,1-4H3/b7-6+. The van der Waals surface area contributed by atoms with Gasteiger partial charge in [0.25, 0.3) is 0 Å². The van der Waals surface area contributed by atoms with Gasteiger partial charge in [-0.2, -0.15) is 0 Å². The van der Waals surface area contributed by atoms with Gasteiger partial charge in [0.15, 0.2) is 0 Å². The van der Waals surface area contributed by atoms with Crippen molar-refractivity contribution in [2.24, 2.45) is 11.3 Å². The number of likely N-dealkylation sites (tertiary alicyclic amines) is 1. The number of carbonyl (C=O) groups is 1. The van der Waals surface area contributed by atoms with Crippen LogP contribution >= 0.6 is 0 Å². The van der Waals surface area contributed by atoms with E-state index in [1.54, 1.807) is 6.08 Å². The molecule has 104 valence electrons. The first-order valence-corrected chi connectivity index (χ1v) is 6.99. The van der Waals surface area contributed by atoms with Crippen LogP contribution in [0, 0.1) is 11.3 Å². The molecule has 0 aromatic carbocycles. The highest BCUT2D eigenvalue weighted by molar-refractivity contribution is 5.81. The second-order valence-electron chi connectivity index (χ2n) is 6.10. The van der Waals surface area contributed by atoms with E-state index in [0.29, 0.717) is 12.0 Å². The fourth-order valence-electron chi connectivity index (χ4n) is 2.47. The highest BCUT2D eigenvalue weighted by Gasteiger charge is 2.28. The van der Waals surface area contributed by atoms with Crippen molar-refractivity contribution in [3.05, 3.63) is 12.2 Å². The van der Waals surface area contributed by atoms with Crippen molar-refractivity contribution in [3.63, 3.8) is 0 Å². The van der Waals surface area contributed by atoms with Crippen molar-refractivity contribution in [2.45, 2.75) is 40.5 Å². The van der Waals surface area contributed by atoms with Crippen molar-refractivity contribution in [2.75, 3.05) is 26.2 Å². The summed E-state index contributed by atoms with van der Waals surface area (Å²) < 4.78 is 4.85. The van der Waals surface area contributed by atoms with Gasteiger partial charge in [-0.1, -0.05) is 26.8 Å². The van der Waals surface area contributed by atoms with Gasteiger partial charge in [0.1, 0.15) is 0 Å². The molecule has 18 heavy (non-hydrogen) atoms. The number of piperidine rings is 1. The SMILES string of the molecule is CCOC(=O)/C=C/CN1CCC(C(C)(C)C)CC1. The molecule has 3 heteroatoms. The molecule has 0 aromatic heterocycles. The van der Waals surface area contributed by atoms with Crippen LogP contribution in [-0.4, -0.2) is 37.1 Å². The number of ether oxygens (including phenoxy) is 1. The Balaban J connectivity index is 2.26. The minimum absolute atomic E-state index is 0.234. The summed E-state index contributed by atoms with van der Waals surface area (Å²) in [5.41, 5.74) is 0.423. The molecule has 1 aliphatic rings. The van der Waals surface area contributed by atoms with Crippen LogP contribution in [0.2, 0.25) is 0 Å². The summed E-state index contributed by atoms with van der Waals surface area (Å²) in [5.74, 6) is 0.588. The third-order valence-corrected chi connectivity index (χ3v) is 3.72. The number of rotatable bonds is 4. The Labute approximate surface area is 111 Å². The predicted molar refractivity (Wildman–Crippen MR) is 74.4 cm³/mol. The van der Waals surface area contributed by atoms with E-state index in [4.69, 9.17) is 4.74 Å². The average Bonchev–Trinajstić information content (AvgIpc) is 2.29. The van der Waals surface area contributed by atoms with E-state index in [1.165, 1.54) is 12.8 Å². The van der Waals surface area contributed by atoms with E-state index in [2.05, 4.69) is 25.7 Å². The fourth-order valence-corrected chi connectivity index (χ4v) is 2.47. The lowest BCUT2D eigenvalue weighted by Crippen LogP contribution is -2.38. The summed E-state index contributed by atoms with van der Waals surface area (Å²) in [6.07, 6.45) is 5.97. The molecule has 0 radical (unpaired) electrons. The molecule has 0 N–H and O–H groups in total.